The molecule has 1 aromatic rings. The zero-order valence-corrected chi connectivity index (χ0v) is 8.37. The predicted octanol–water partition coefficient (Wildman–Crippen LogP) is 0.248. The van der Waals surface area contributed by atoms with Crippen LogP contribution in [0.25, 0.3) is 0 Å². The summed E-state index contributed by atoms with van der Waals surface area (Å²) >= 11 is 0. The lowest BCUT2D eigenvalue weighted by Gasteiger charge is -2.01. The second-order valence-corrected chi connectivity index (χ2v) is 2.83. The summed E-state index contributed by atoms with van der Waals surface area (Å²) in [6.07, 6.45) is 1.19. The molecule has 1 rings (SSSR count). The van der Waals surface area contributed by atoms with E-state index in [2.05, 4.69) is 4.42 Å². The molecule has 0 aliphatic heterocycles. The number of hydrogen-bond donors (Lipinski definition) is 4. The van der Waals surface area contributed by atoms with Gasteiger partial charge in [0.2, 0.25) is 0 Å². The maximum Gasteiger partial charge on any atom is 0.320 e. The van der Waals surface area contributed by atoms with Gasteiger partial charge in [-0.1, -0.05) is 0 Å². The Kier molecular flexibility index (Phi) is 6.37. The predicted molar refractivity (Wildman–Crippen MR) is 52.9 cm³/mol. The third-order valence-corrected chi connectivity index (χ3v) is 1.49. The van der Waals surface area contributed by atoms with Gasteiger partial charge in [0.15, 0.2) is 0 Å². The molecule has 1 unspecified atom stereocenters. The van der Waals surface area contributed by atoms with Gasteiger partial charge in [-0.15, -0.1) is 0 Å². The Balaban J connectivity index is 0.000000315. The van der Waals surface area contributed by atoms with Gasteiger partial charge in [0.1, 0.15) is 6.04 Å². The molecule has 0 aliphatic rings. The van der Waals surface area contributed by atoms with Crippen molar-refractivity contribution in [2.75, 3.05) is 0 Å². The lowest BCUT2D eigenvalue weighted by atomic mass is 10.2. The lowest BCUT2D eigenvalue weighted by Crippen LogP contribution is -2.30. The second kappa shape index (κ2) is 7.30. The van der Waals surface area contributed by atoms with E-state index in [9.17, 15) is 9.59 Å². The minimum Gasteiger partial charge on any atom is -0.481 e. The van der Waals surface area contributed by atoms with E-state index in [4.69, 9.17) is 21.1 Å². The Morgan fingerprint density at radius 1 is 1.44 bits per heavy atom. The maximum atomic E-state index is 9.99. The average Bonchev–Trinajstić information content (AvgIpc) is 2.66. The van der Waals surface area contributed by atoms with Crippen LogP contribution in [0.2, 0.25) is 0 Å². The molecule has 1 heterocycles. The summed E-state index contributed by atoms with van der Waals surface area (Å²) in [4.78, 5) is 19.9. The molecule has 1 aromatic heterocycles. The van der Waals surface area contributed by atoms with E-state index in [-0.39, 0.29) is 18.8 Å². The van der Waals surface area contributed by atoms with E-state index in [0.29, 0.717) is 0 Å². The van der Waals surface area contributed by atoms with Gasteiger partial charge in [-0.25, -0.2) is 0 Å². The van der Waals surface area contributed by atoms with Crippen molar-refractivity contribution in [1.82, 2.24) is 0 Å². The first-order valence-corrected chi connectivity index (χ1v) is 4.36. The Labute approximate surface area is 91.1 Å². The number of aliphatic carboxylic acids is 2. The van der Waals surface area contributed by atoms with Gasteiger partial charge < -0.3 is 25.5 Å². The van der Waals surface area contributed by atoms with Crippen LogP contribution in [0.5, 0.6) is 5.95 Å². The zero-order valence-electron chi connectivity index (χ0n) is 8.37. The summed E-state index contributed by atoms with van der Waals surface area (Å²) in [5, 5.41) is 24.6. The highest BCUT2D eigenvalue weighted by Gasteiger charge is 2.12. The number of furan rings is 1. The van der Waals surface area contributed by atoms with Crippen LogP contribution in [0.3, 0.4) is 0 Å². The largest absolute Gasteiger partial charge is 0.481 e. The summed E-state index contributed by atoms with van der Waals surface area (Å²) in [7, 11) is 0. The van der Waals surface area contributed by atoms with E-state index in [0.717, 1.165) is 0 Å². The SMILES string of the molecule is NC(CCC(=O)O)C(=O)O.Oc1ccco1. The molecule has 1 atom stereocenters. The van der Waals surface area contributed by atoms with Crippen LogP contribution >= 0.6 is 0 Å². The van der Waals surface area contributed by atoms with Crippen molar-refractivity contribution in [3.05, 3.63) is 18.4 Å². The van der Waals surface area contributed by atoms with Crippen molar-refractivity contribution in [1.29, 1.82) is 0 Å². The molecule has 0 saturated carbocycles. The van der Waals surface area contributed by atoms with Crippen molar-refractivity contribution < 1.29 is 29.3 Å². The Morgan fingerprint density at radius 3 is 2.31 bits per heavy atom. The Morgan fingerprint density at radius 2 is 2.06 bits per heavy atom. The molecule has 0 bridgehead atoms. The summed E-state index contributed by atoms with van der Waals surface area (Å²) in [5.41, 5.74) is 5.00. The van der Waals surface area contributed by atoms with Gasteiger partial charge in [-0.2, -0.15) is 0 Å². The van der Waals surface area contributed by atoms with E-state index < -0.39 is 18.0 Å². The molecule has 16 heavy (non-hydrogen) atoms. The van der Waals surface area contributed by atoms with Gasteiger partial charge in [0, 0.05) is 12.5 Å². The van der Waals surface area contributed by atoms with E-state index in [1.54, 1.807) is 6.07 Å². The third-order valence-electron chi connectivity index (χ3n) is 1.49. The van der Waals surface area contributed by atoms with Crippen LogP contribution in [0.1, 0.15) is 12.8 Å². The molecule has 0 saturated heterocycles. The van der Waals surface area contributed by atoms with Crippen LogP contribution in [0, 0.1) is 0 Å². The summed E-state index contributed by atoms with van der Waals surface area (Å²) in [6, 6.07) is 2.03. The Hall–Kier alpha value is -2.02. The van der Waals surface area contributed by atoms with Crippen LogP contribution in [0.15, 0.2) is 22.8 Å². The van der Waals surface area contributed by atoms with Crippen LogP contribution in [-0.2, 0) is 9.59 Å². The molecule has 7 nitrogen and oxygen atoms in total. The van der Waals surface area contributed by atoms with Gasteiger partial charge in [-0.3, -0.25) is 9.59 Å². The first-order chi connectivity index (χ1) is 7.43. The van der Waals surface area contributed by atoms with Crippen molar-refractivity contribution in [2.24, 2.45) is 5.73 Å². The highest BCUT2D eigenvalue weighted by molar-refractivity contribution is 5.74. The van der Waals surface area contributed by atoms with E-state index in [1.807, 2.05) is 0 Å². The van der Waals surface area contributed by atoms with Crippen molar-refractivity contribution in [3.63, 3.8) is 0 Å². The molecular formula is C9H13NO6. The summed E-state index contributed by atoms with van der Waals surface area (Å²) in [6.45, 7) is 0. The van der Waals surface area contributed by atoms with Crippen LogP contribution < -0.4 is 5.73 Å². The molecule has 0 amide bonds. The molecule has 5 N–H and O–H groups in total. The monoisotopic (exact) mass is 231 g/mol. The molecule has 0 fully saturated rings. The molecule has 0 aromatic carbocycles. The molecule has 0 radical (unpaired) electrons. The van der Waals surface area contributed by atoms with Crippen molar-refractivity contribution in [2.45, 2.75) is 18.9 Å². The molecule has 7 heteroatoms. The highest BCUT2D eigenvalue weighted by atomic mass is 16.5. The number of nitrogens with two attached hydrogens (primary N) is 1. The fraction of sp³-hybridized carbons (Fsp3) is 0.333. The minimum absolute atomic E-state index is 0.0231. The van der Waals surface area contributed by atoms with E-state index in [1.165, 1.54) is 12.3 Å². The molecule has 90 valence electrons. The number of aromatic hydroxyl groups is 1. The zero-order chi connectivity index (χ0) is 12.6. The number of carbonyl (C=O) groups is 2. The lowest BCUT2D eigenvalue weighted by molar-refractivity contribution is -0.139. The Bertz CT molecular complexity index is 321. The van der Waals surface area contributed by atoms with Crippen molar-refractivity contribution >= 4 is 11.9 Å². The second-order valence-electron chi connectivity index (χ2n) is 2.83. The average molecular weight is 231 g/mol. The maximum absolute atomic E-state index is 9.99. The number of rotatable bonds is 4. The molecule has 0 aliphatic carbocycles. The normalized spacial score (nSPS) is 11.1. The van der Waals surface area contributed by atoms with Gasteiger partial charge in [-0.05, 0) is 12.5 Å². The number of carboxylic acid groups (broad SMARTS) is 2. The summed E-state index contributed by atoms with van der Waals surface area (Å²) < 4.78 is 4.39. The minimum atomic E-state index is -1.17. The number of hydrogen-bond acceptors (Lipinski definition) is 5. The molecule has 0 spiro atoms. The first-order valence-electron chi connectivity index (χ1n) is 4.36. The standard InChI is InChI=1S/C5H9NO4.C4H4O2/c6-3(5(9)10)1-2-4(7)8;5-4-2-1-3-6-4/h3H,1-2,6H2,(H,7,8)(H,9,10);1-3,5H. The van der Waals surface area contributed by atoms with E-state index >= 15 is 0 Å². The fourth-order valence-corrected chi connectivity index (χ4v) is 0.672. The van der Waals surface area contributed by atoms with Crippen molar-refractivity contribution in [3.8, 4) is 5.95 Å². The molecular weight excluding hydrogens is 218 g/mol. The van der Waals surface area contributed by atoms with Crippen LogP contribution in [0.4, 0.5) is 0 Å². The smallest absolute Gasteiger partial charge is 0.320 e. The topological polar surface area (TPSA) is 134 Å². The first kappa shape index (κ1) is 14.0. The number of carboxylic acids is 2. The van der Waals surface area contributed by atoms with Gasteiger partial charge in [0.25, 0.3) is 5.95 Å². The van der Waals surface area contributed by atoms with Crippen LogP contribution in [-0.4, -0.2) is 33.3 Å². The fourth-order valence-electron chi connectivity index (χ4n) is 0.672. The quantitative estimate of drug-likeness (QED) is 0.583. The summed E-state index contributed by atoms with van der Waals surface area (Å²) in [5.74, 6) is -2.23. The highest BCUT2D eigenvalue weighted by Crippen LogP contribution is 2.04. The third kappa shape index (κ3) is 7.39. The van der Waals surface area contributed by atoms with Gasteiger partial charge in [0.05, 0.1) is 6.26 Å². The van der Waals surface area contributed by atoms with Gasteiger partial charge >= 0.3 is 11.9 Å².